The van der Waals surface area contributed by atoms with Crippen molar-refractivity contribution >= 4 is 5.97 Å². The molecule has 2 saturated carbocycles. The molecule has 4 unspecified atom stereocenters. The molecule has 15 heavy (non-hydrogen) atoms. The summed E-state index contributed by atoms with van der Waals surface area (Å²) >= 11 is 0. The zero-order valence-corrected chi connectivity index (χ0v) is 9.24. The second kappa shape index (κ2) is 3.10. The van der Waals surface area contributed by atoms with Gasteiger partial charge in [-0.3, -0.25) is 4.79 Å². The van der Waals surface area contributed by atoms with Crippen LogP contribution in [0.4, 0.5) is 0 Å². The van der Waals surface area contributed by atoms with Crippen LogP contribution in [0.1, 0.15) is 39.0 Å². The van der Waals surface area contributed by atoms with Crippen molar-refractivity contribution in [2.45, 2.75) is 45.1 Å². The molecular formula is C13H18O2. The predicted octanol–water partition coefficient (Wildman–Crippen LogP) is 2.68. The second-order valence-corrected chi connectivity index (χ2v) is 5.57. The first-order chi connectivity index (χ1) is 7.21. The number of fused-ring (bicyclic) bond motifs is 1. The zero-order valence-electron chi connectivity index (χ0n) is 9.24. The molecule has 2 heterocycles. The van der Waals surface area contributed by atoms with Gasteiger partial charge in [0.1, 0.15) is 6.10 Å². The topological polar surface area (TPSA) is 26.3 Å². The van der Waals surface area contributed by atoms with E-state index in [4.69, 9.17) is 4.74 Å². The highest BCUT2D eigenvalue weighted by Crippen LogP contribution is 2.55. The van der Waals surface area contributed by atoms with E-state index in [1.165, 1.54) is 6.42 Å². The Morgan fingerprint density at radius 2 is 2.20 bits per heavy atom. The van der Waals surface area contributed by atoms with Crippen LogP contribution < -0.4 is 0 Å². The Morgan fingerprint density at radius 3 is 3.00 bits per heavy atom. The third-order valence-electron chi connectivity index (χ3n) is 4.33. The van der Waals surface area contributed by atoms with Crippen LogP contribution in [-0.4, -0.2) is 12.1 Å². The molecule has 4 bridgehead atoms. The molecule has 2 nitrogen and oxygen atoms in total. The molecule has 2 saturated heterocycles. The summed E-state index contributed by atoms with van der Waals surface area (Å²) in [7, 11) is 0. The summed E-state index contributed by atoms with van der Waals surface area (Å²) in [4.78, 5) is 11.8. The summed E-state index contributed by atoms with van der Waals surface area (Å²) in [5, 5.41) is 0. The molecule has 82 valence electrons. The van der Waals surface area contributed by atoms with Gasteiger partial charge in [0, 0.05) is 0 Å². The SMILES string of the molecule is CC=CC12CC3CC(C1)OC(=O)C(C3)C2. The first-order valence-electron chi connectivity index (χ1n) is 6.05. The summed E-state index contributed by atoms with van der Waals surface area (Å²) in [6.07, 6.45) is 10.3. The van der Waals surface area contributed by atoms with E-state index in [0.29, 0.717) is 0 Å². The number of carbonyl (C=O) groups is 1. The van der Waals surface area contributed by atoms with E-state index in [2.05, 4.69) is 19.1 Å². The summed E-state index contributed by atoms with van der Waals surface area (Å²) in [6, 6.07) is 0. The number of carbonyl (C=O) groups excluding carboxylic acids is 1. The first kappa shape index (κ1) is 9.44. The molecule has 4 fully saturated rings. The standard InChI is InChI=1S/C13H18O2/c1-2-3-13-6-9-4-10(7-13)12(14)15-11(5-9)8-13/h2-3,9-11H,4-8H2,1H3. The van der Waals surface area contributed by atoms with Crippen molar-refractivity contribution < 1.29 is 9.53 Å². The molecule has 0 aromatic rings. The smallest absolute Gasteiger partial charge is 0.309 e. The van der Waals surface area contributed by atoms with Crippen LogP contribution in [0.5, 0.6) is 0 Å². The van der Waals surface area contributed by atoms with Gasteiger partial charge in [-0.2, -0.15) is 0 Å². The zero-order chi connectivity index (χ0) is 10.5. The lowest BCUT2D eigenvalue weighted by Gasteiger charge is -2.44. The summed E-state index contributed by atoms with van der Waals surface area (Å²) in [5.41, 5.74) is 0.289. The van der Waals surface area contributed by atoms with E-state index in [1.54, 1.807) is 0 Å². The van der Waals surface area contributed by atoms with Crippen molar-refractivity contribution in [3.63, 3.8) is 0 Å². The predicted molar refractivity (Wildman–Crippen MR) is 57.2 cm³/mol. The number of hydrogen-bond acceptors (Lipinski definition) is 2. The van der Waals surface area contributed by atoms with E-state index < -0.39 is 0 Å². The van der Waals surface area contributed by atoms with Gasteiger partial charge in [0.25, 0.3) is 0 Å². The first-order valence-corrected chi connectivity index (χ1v) is 6.05. The van der Waals surface area contributed by atoms with Crippen LogP contribution in [0.25, 0.3) is 0 Å². The highest BCUT2D eigenvalue weighted by atomic mass is 16.5. The van der Waals surface area contributed by atoms with Crippen molar-refractivity contribution in [1.29, 1.82) is 0 Å². The Bertz CT molecular complexity index is 320. The number of esters is 1. The van der Waals surface area contributed by atoms with Crippen molar-refractivity contribution in [2.24, 2.45) is 17.3 Å². The van der Waals surface area contributed by atoms with Gasteiger partial charge in [0.15, 0.2) is 0 Å². The van der Waals surface area contributed by atoms with E-state index in [1.807, 2.05) is 0 Å². The average Bonchev–Trinajstić information content (AvgIpc) is 2.29. The fourth-order valence-electron chi connectivity index (χ4n) is 4.06. The Morgan fingerprint density at radius 1 is 1.33 bits per heavy atom. The Balaban J connectivity index is 1.98. The largest absolute Gasteiger partial charge is 0.462 e. The number of hydrogen-bond donors (Lipinski definition) is 0. The maximum atomic E-state index is 11.8. The van der Waals surface area contributed by atoms with Crippen molar-refractivity contribution in [3.8, 4) is 0 Å². The lowest BCUT2D eigenvalue weighted by atomic mass is 9.59. The Labute approximate surface area is 90.7 Å². The minimum Gasteiger partial charge on any atom is -0.462 e. The van der Waals surface area contributed by atoms with Crippen molar-refractivity contribution in [1.82, 2.24) is 0 Å². The molecule has 0 spiro atoms. The third kappa shape index (κ3) is 1.42. The lowest BCUT2D eigenvalue weighted by molar-refractivity contribution is -0.151. The van der Waals surface area contributed by atoms with E-state index in [9.17, 15) is 4.79 Å². The van der Waals surface area contributed by atoms with Crippen molar-refractivity contribution in [2.75, 3.05) is 0 Å². The number of rotatable bonds is 1. The van der Waals surface area contributed by atoms with E-state index >= 15 is 0 Å². The lowest BCUT2D eigenvalue weighted by Crippen LogP contribution is -2.38. The van der Waals surface area contributed by atoms with Crippen LogP contribution in [0, 0.1) is 17.3 Å². The van der Waals surface area contributed by atoms with E-state index in [-0.39, 0.29) is 23.4 Å². The molecule has 0 amide bonds. The molecule has 4 aliphatic rings. The fraction of sp³-hybridized carbons (Fsp3) is 0.769. The number of allylic oxidation sites excluding steroid dienone is 2. The maximum Gasteiger partial charge on any atom is 0.309 e. The van der Waals surface area contributed by atoms with Gasteiger partial charge in [0.2, 0.25) is 0 Å². The maximum absolute atomic E-state index is 11.8. The van der Waals surface area contributed by atoms with Crippen LogP contribution in [0.3, 0.4) is 0 Å². The summed E-state index contributed by atoms with van der Waals surface area (Å²) in [5.74, 6) is 0.992. The summed E-state index contributed by atoms with van der Waals surface area (Å²) < 4.78 is 5.53. The fourth-order valence-corrected chi connectivity index (χ4v) is 4.06. The molecule has 2 aliphatic carbocycles. The highest BCUT2D eigenvalue weighted by Gasteiger charge is 2.51. The van der Waals surface area contributed by atoms with Crippen LogP contribution in [0.2, 0.25) is 0 Å². The molecular weight excluding hydrogens is 188 g/mol. The van der Waals surface area contributed by atoms with Gasteiger partial charge >= 0.3 is 5.97 Å². The Kier molecular flexibility index (Phi) is 1.95. The van der Waals surface area contributed by atoms with Gasteiger partial charge < -0.3 is 4.74 Å². The molecule has 4 atom stereocenters. The number of ether oxygens (including phenoxy) is 1. The molecule has 0 aromatic heterocycles. The average molecular weight is 206 g/mol. The molecule has 2 aliphatic heterocycles. The summed E-state index contributed by atoms with van der Waals surface area (Å²) in [6.45, 7) is 2.08. The van der Waals surface area contributed by atoms with Gasteiger partial charge in [-0.25, -0.2) is 0 Å². The van der Waals surface area contributed by atoms with Gasteiger partial charge in [-0.05, 0) is 50.4 Å². The van der Waals surface area contributed by atoms with Crippen LogP contribution in [-0.2, 0) is 9.53 Å². The van der Waals surface area contributed by atoms with Crippen LogP contribution >= 0.6 is 0 Å². The quantitative estimate of drug-likeness (QED) is 0.487. The van der Waals surface area contributed by atoms with Gasteiger partial charge in [-0.15, -0.1) is 0 Å². The molecule has 4 rings (SSSR count). The van der Waals surface area contributed by atoms with Crippen molar-refractivity contribution in [3.05, 3.63) is 12.2 Å². The monoisotopic (exact) mass is 206 g/mol. The third-order valence-corrected chi connectivity index (χ3v) is 4.33. The molecule has 0 radical (unpaired) electrons. The van der Waals surface area contributed by atoms with Gasteiger partial charge in [-0.1, -0.05) is 12.2 Å². The molecule has 2 heteroatoms. The van der Waals surface area contributed by atoms with Gasteiger partial charge in [0.05, 0.1) is 5.92 Å². The molecule has 0 N–H and O–H groups in total. The minimum atomic E-state index is 0.0774. The Hall–Kier alpha value is -0.790. The minimum absolute atomic E-state index is 0.0774. The second-order valence-electron chi connectivity index (χ2n) is 5.57. The van der Waals surface area contributed by atoms with E-state index in [0.717, 1.165) is 31.6 Å². The van der Waals surface area contributed by atoms with Crippen LogP contribution in [0.15, 0.2) is 12.2 Å². The normalized spacial score (nSPS) is 48.3. The highest BCUT2D eigenvalue weighted by molar-refractivity contribution is 5.73. The molecule has 0 aromatic carbocycles.